The summed E-state index contributed by atoms with van der Waals surface area (Å²) >= 11 is 0. The van der Waals surface area contributed by atoms with E-state index in [4.69, 9.17) is 10.2 Å². The lowest BCUT2D eigenvalue weighted by Gasteiger charge is -2.23. The van der Waals surface area contributed by atoms with Gasteiger partial charge in [0.15, 0.2) is 5.76 Å². The lowest BCUT2D eigenvalue weighted by atomic mass is 10.0. The van der Waals surface area contributed by atoms with Crippen LogP contribution in [0, 0.1) is 5.92 Å². The number of hydrogen-bond donors (Lipinski definition) is 2. The van der Waals surface area contributed by atoms with Crippen molar-refractivity contribution >= 4 is 29.9 Å². The third-order valence-electron chi connectivity index (χ3n) is 4.82. The molecule has 7 heteroatoms. The van der Waals surface area contributed by atoms with Gasteiger partial charge in [-0.25, -0.2) is 0 Å². The first-order valence-corrected chi connectivity index (χ1v) is 8.53. The van der Waals surface area contributed by atoms with Crippen molar-refractivity contribution in [3.63, 3.8) is 0 Å². The molecule has 6 nitrogen and oxygen atoms in total. The van der Waals surface area contributed by atoms with Crippen molar-refractivity contribution in [2.45, 2.75) is 25.3 Å². The zero-order valence-corrected chi connectivity index (χ0v) is 15.5. The van der Waals surface area contributed by atoms with Crippen molar-refractivity contribution in [1.82, 2.24) is 5.32 Å². The van der Waals surface area contributed by atoms with Gasteiger partial charge in [-0.3, -0.25) is 9.59 Å². The molecule has 2 unspecified atom stereocenters. The summed E-state index contributed by atoms with van der Waals surface area (Å²) in [6.07, 6.45) is 4.51. The Bertz CT molecular complexity index is 748. The molecule has 0 aliphatic heterocycles. The second-order valence-corrected chi connectivity index (χ2v) is 6.37. The van der Waals surface area contributed by atoms with Gasteiger partial charge in [0.05, 0.1) is 17.5 Å². The maximum absolute atomic E-state index is 12.8. The summed E-state index contributed by atoms with van der Waals surface area (Å²) in [4.78, 5) is 26.7. The number of furan rings is 1. The molecule has 1 aliphatic rings. The van der Waals surface area contributed by atoms with E-state index in [9.17, 15) is 9.59 Å². The van der Waals surface area contributed by atoms with Crippen LogP contribution in [0.4, 0.5) is 5.69 Å². The van der Waals surface area contributed by atoms with Crippen LogP contribution in [0.3, 0.4) is 0 Å². The maximum Gasteiger partial charge on any atom is 0.293 e. The van der Waals surface area contributed by atoms with Gasteiger partial charge in [-0.1, -0.05) is 18.6 Å². The molecular formula is C19H24ClN3O3. The Kier molecular flexibility index (Phi) is 6.83. The molecule has 2 atom stereocenters. The first-order chi connectivity index (χ1) is 12.1. The topological polar surface area (TPSA) is 88.6 Å². The predicted octanol–water partition coefficient (Wildman–Crippen LogP) is 2.84. The van der Waals surface area contributed by atoms with Crippen LogP contribution in [0.2, 0.25) is 0 Å². The number of benzene rings is 1. The molecule has 1 fully saturated rings. The average molecular weight is 378 g/mol. The number of nitrogens with two attached hydrogens (primary N) is 1. The molecule has 0 bridgehead atoms. The number of amides is 2. The third-order valence-corrected chi connectivity index (χ3v) is 4.82. The summed E-state index contributed by atoms with van der Waals surface area (Å²) in [5.74, 6) is 0.0706. The zero-order chi connectivity index (χ0) is 17.8. The average Bonchev–Trinajstić information content (AvgIpc) is 3.32. The van der Waals surface area contributed by atoms with Crippen molar-refractivity contribution in [1.29, 1.82) is 0 Å². The maximum atomic E-state index is 12.8. The molecule has 3 N–H and O–H groups in total. The fourth-order valence-electron chi connectivity index (χ4n) is 3.39. The number of nitrogens with one attached hydrogen (secondary N) is 1. The normalized spacial score (nSPS) is 18.8. The Morgan fingerprint density at radius 2 is 2.00 bits per heavy atom. The summed E-state index contributed by atoms with van der Waals surface area (Å²) in [6.45, 7) is 0.573. The number of nitrogens with zero attached hydrogens (tertiary/aromatic N) is 1. The lowest BCUT2D eigenvalue weighted by Crippen LogP contribution is -2.40. The Labute approximate surface area is 159 Å². The Hall–Kier alpha value is -2.31. The largest absolute Gasteiger partial charge is 0.459 e. The molecule has 26 heavy (non-hydrogen) atoms. The lowest BCUT2D eigenvalue weighted by molar-refractivity contribution is 0.0929. The van der Waals surface area contributed by atoms with Gasteiger partial charge in [-0.2, -0.15) is 0 Å². The van der Waals surface area contributed by atoms with Crippen LogP contribution in [0.5, 0.6) is 0 Å². The van der Waals surface area contributed by atoms with Crippen molar-refractivity contribution in [3.05, 3.63) is 54.0 Å². The van der Waals surface area contributed by atoms with Crippen LogP contribution < -0.4 is 16.0 Å². The quantitative estimate of drug-likeness (QED) is 0.838. The molecule has 1 heterocycles. The molecule has 1 aromatic carbocycles. The van der Waals surface area contributed by atoms with Crippen LogP contribution in [-0.4, -0.2) is 31.4 Å². The highest BCUT2D eigenvalue weighted by Crippen LogP contribution is 2.26. The SMILES string of the molecule is CN(C(=O)c1ccco1)c1ccccc1C(=O)NC1CCCC1CN.Cl. The van der Waals surface area contributed by atoms with E-state index < -0.39 is 0 Å². The van der Waals surface area contributed by atoms with Crippen molar-refractivity contribution in [2.24, 2.45) is 11.7 Å². The standard InChI is InChI=1S/C19H23N3O3.ClH/c1-22(19(24)17-10-5-11-25-17)16-9-3-2-7-14(16)18(23)21-15-8-4-6-13(15)12-20;/h2-3,5,7,9-11,13,15H,4,6,8,12,20H2,1H3,(H,21,23);1H. The van der Waals surface area contributed by atoms with E-state index in [-0.39, 0.29) is 36.0 Å². The Morgan fingerprint density at radius 3 is 2.69 bits per heavy atom. The highest BCUT2D eigenvalue weighted by atomic mass is 35.5. The zero-order valence-electron chi connectivity index (χ0n) is 14.7. The summed E-state index contributed by atoms with van der Waals surface area (Å²) in [5, 5.41) is 3.08. The van der Waals surface area contributed by atoms with Gasteiger partial charge >= 0.3 is 0 Å². The Morgan fingerprint density at radius 1 is 1.23 bits per heavy atom. The molecule has 0 radical (unpaired) electrons. The van der Waals surface area contributed by atoms with Crippen molar-refractivity contribution in [2.75, 3.05) is 18.5 Å². The smallest absolute Gasteiger partial charge is 0.293 e. The van der Waals surface area contributed by atoms with E-state index in [1.807, 2.05) is 0 Å². The molecule has 0 spiro atoms. The first kappa shape index (κ1) is 20.0. The van der Waals surface area contributed by atoms with Gasteiger partial charge < -0.3 is 20.4 Å². The van der Waals surface area contributed by atoms with E-state index in [1.54, 1.807) is 43.4 Å². The minimum atomic E-state index is -0.300. The summed E-state index contributed by atoms with van der Waals surface area (Å²) < 4.78 is 5.17. The fourth-order valence-corrected chi connectivity index (χ4v) is 3.39. The molecule has 1 aliphatic carbocycles. The molecule has 2 amide bonds. The fraction of sp³-hybridized carbons (Fsp3) is 0.368. The first-order valence-electron chi connectivity index (χ1n) is 8.53. The van der Waals surface area contributed by atoms with Gasteiger partial charge in [0.2, 0.25) is 0 Å². The van der Waals surface area contributed by atoms with Gasteiger partial charge in [-0.15, -0.1) is 12.4 Å². The van der Waals surface area contributed by atoms with E-state index >= 15 is 0 Å². The van der Waals surface area contributed by atoms with Gasteiger partial charge in [0.1, 0.15) is 0 Å². The second kappa shape index (κ2) is 8.87. The monoisotopic (exact) mass is 377 g/mol. The molecule has 2 aromatic rings. The predicted molar refractivity (Wildman–Crippen MR) is 103 cm³/mol. The number of anilines is 1. The number of carbonyl (C=O) groups excluding carboxylic acids is 2. The summed E-state index contributed by atoms with van der Waals surface area (Å²) in [6, 6.07) is 10.4. The highest BCUT2D eigenvalue weighted by Gasteiger charge is 2.29. The number of rotatable bonds is 5. The molecule has 1 saturated carbocycles. The number of carbonyl (C=O) groups is 2. The molecule has 140 valence electrons. The van der Waals surface area contributed by atoms with Crippen LogP contribution >= 0.6 is 12.4 Å². The summed E-state index contributed by atoms with van der Waals surface area (Å²) in [5.41, 5.74) is 6.81. The third kappa shape index (κ3) is 4.08. The van der Waals surface area contributed by atoms with E-state index in [0.717, 1.165) is 19.3 Å². The van der Waals surface area contributed by atoms with Crippen LogP contribution in [-0.2, 0) is 0 Å². The van der Waals surface area contributed by atoms with Crippen LogP contribution in [0.1, 0.15) is 40.2 Å². The van der Waals surface area contributed by atoms with Crippen LogP contribution in [0.15, 0.2) is 47.1 Å². The van der Waals surface area contributed by atoms with Gasteiger partial charge in [-0.05, 0) is 49.6 Å². The summed E-state index contributed by atoms with van der Waals surface area (Å²) in [7, 11) is 1.63. The van der Waals surface area contributed by atoms with E-state index in [0.29, 0.717) is 23.7 Å². The van der Waals surface area contributed by atoms with E-state index in [2.05, 4.69) is 5.32 Å². The second-order valence-electron chi connectivity index (χ2n) is 6.37. The minimum Gasteiger partial charge on any atom is -0.459 e. The number of hydrogen-bond acceptors (Lipinski definition) is 4. The molecule has 0 saturated heterocycles. The number of halogens is 1. The van der Waals surface area contributed by atoms with Gasteiger partial charge in [0.25, 0.3) is 11.8 Å². The van der Waals surface area contributed by atoms with Crippen LogP contribution in [0.25, 0.3) is 0 Å². The van der Waals surface area contributed by atoms with Crippen molar-refractivity contribution in [3.8, 4) is 0 Å². The van der Waals surface area contributed by atoms with Crippen molar-refractivity contribution < 1.29 is 14.0 Å². The number of para-hydroxylation sites is 1. The highest BCUT2D eigenvalue weighted by molar-refractivity contribution is 6.09. The van der Waals surface area contributed by atoms with E-state index in [1.165, 1.54) is 11.2 Å². The molecule has 3 rings (SSSR count). The molecule has 1 aromatic heterocycles. The Balaban J connectivity index is 0.00000243. The van der Waals surface area contributed by atoms with Gasteiger partial charge in [0, 0.05) is 13.1 Å². The minimum absolute atomic E-state index is 0. The molecular weight excluding hydrogens is 354 g/mol.